The second-order valence-electron chi connectivity index (χ2n) is 7.30. The number of rotatable bonds is 5. The summed E-state index contributed by atoms with van der Waals surface area (Å²) in [6.45, 7) is 6.89. The molecule has 0 heterocycles. The van der Waals surface area contributed by atoms with Crippen LogP contribution in [0.25, 0.3) is 0 Å². The Morgan fingerprint density at radius 2 is 1.32 bits per heavy atom. The van der Waals surface area contributed by atoms with E-state index >= 15 is 0 Å². The van der Waals surface area contributed by atoms with Gasteiger partial charge < -0.3 is 0 Å². The summed E-state index contributed by atoms with van der Waals surface area (Å²) in [7, 11) is 0. The molecule has 25 heavy (non-hydrogen) atoms. The van der Waals surface area contributed by atoms with Crippen LogP contribution in [0.4, 0.5) is 0 Å². The Kier molecular flexibility index (Phi) is 5.34. The van der Waals surface area contributed by atoms with Crippen molar-refractivity contribution in [2.45, 2.75) is 37.5 Å². The Balaban J connectivity index is 2.27. The lowest BCUT2D eigenvalue weighted by Gasteiger charge is -2.34. The first kappa shape index (κ1) is 17.8. The molecule has 0 saturated carbocycles. The van der Waals surface area contributed by atoms with E-state index in [0.29, 0.717) is 5.92 Å². The second-order valence-corrected chi connectivity index (χ2v) is 7.81. The van der Waals surface area contributed by atoms with Crippen LogP contribution in [0.2, 0.25) is 0 Å². The topological polar surface area (TPSA) is 0 Å². The van der Waals surface area contributed by atoms with E-state index in [4.69, 9.17) is 0 Å². The fourth-order valence-corrected chi connectivity index (χ4v) is 3.93. The molecule has 0 fully saturated rings. The summed E-state index contributed by atoms with van der Waals surface area (Å²) in [4.78, 5) is 1.03. The van der Waals surface area contributed by atoms with Crippen molar-refractivity contribution in [3.05, 3.63) is 101 Å². The van der Waals surface area contributed by atoms with E-state index in [2.05, 4.69) is 112 Å². The fourth-order valence-electron chi connectivity index (χ4n) is 3.70. The van der Waals surface area contributed by atoms with Crippen LogP contribution in [0.1, 0.15) is 43.0 Å². The molecule has 0 N–H and O–H groups in total. The molecule has 3 rings (SSSR count). The molecule has 0 bridgehead atoms. The quantitative estimate of drug-likeness (QED) is 0.394. The van der Waals surface area contributed by atoms with Crippen molar-refractivity contribution in [3.8, 4) is 0 Å². The molecular formula is C24H26S. The largest absolute Gasteiger partial charge is 0.143 e. The van der Waals surface area contributed by atoms with Crippen LogP contribution in [-0.2, 0) is 11.8 Å². The number of thiol groups is 1. The summed E-state index contributed by atoms with van der Waals surface area (Å²) in [5.41, 5.74) is 5.21. The van der Waals surface area contributed by atoms with Crippen LogP contribution in [0.15, 0.2) is 83.8 Å². The van der Waals surface area contributed by atoms with Gasteiger partial charge in [-0.2, -0.15) is 0 Å². The maximum atomic E-state index is 4.59. The fraction of sp³-hybridized carbons (Fsp3) is 0.250. The van der Waals surface area contributed by atoms with Crippen LogP contribution >= 0.6 is 12.6 Å². The van der Waals surface area contributed by atoms with Gasteiger partial charge in [0.1, 0.15) is 0 Å². The molecule has 0 saturated heterocycles. The highest BCUT2D eigenvalue weighted by Crippen LogP contribution is 2.41. The minimum atomic E-state index is -0.186. The summed E-state index contributed by atoms with van der Waals surface area (Å²) < 4.78 is 0. The lowest BCUT2D eigenvalue weighted by atomic mass is 9.69. The number of benzene rings is 3. The Morgan fingerprint density at radius 3 is 1.80 bits per heavy atom. The first-order chi connectivity index (χ1) is 12.0. The molecule has 0 aliphatic rings. The maximum absolute atomic E-state index is 4.59. The first-order valence-corrected chi connectivity index (χ1v) is 9.40. The Bertz CT molecular complexity index is 780. The summed E-state index contributed by atoms with van der Waals surface area (Å²) in [6, 6.07) is 28.3. The lowest BCUT2D eigenvalue weighted by Crippen LogP contribution is -2.27. The van der Waals surface area contributed by atoms with Crippen molar-refractivity contribution < 1.29 is 0 Å². The SMILES string of the molecule is CC(C)Cc1cc(S)ccc1C(C)(c1ccccc1)c1ccccc1. The van der Waals surface area contributed by atoms with Crippen molar-refractivity contribution in [1.29, 1.82) is 0 Å². The standard InChI is InChI=1S/C24H26S/c1-18(2)16-19-17-22(25)14-15-23(19)24(3,20-10-6-4-7-11-20)21-12-8-5-9-13-21/h4-15,17-18,25H,16H2,1-3H3. The normalized spacial score (nSPS) is 11.7. The third kappa shape index (κ3) is 3.67. The molecule has 0 spiro atoms. The van der Waals surface area contributed by atoms with Gasteiger partial charge in [-0.25, -0.2) is 0 Å². The van der Waals surface area contributed by atoms with Gasteiger partial charge in [-0.15, -0.1) is 12.6 Å². The van der Waals surface area contributed by atoms with Crippen molar-refractivity contribution in [2.75, 3.05) is 0 Å². The van der Waals surface area contributed by atoms with Crippen molar-refractivity contribution >= 4 is 12.6 Å². The monoisotopic (exact) mass is 346 g/mol. The van der Waals surface area contributed by atoms with E-state index in [1.54, 1.807) is 0 Å². The molecular weight excluding hydrogens is 320 g/mol. The molecule has 3 aromatic carbocycles. The van der Waals surface area contributed by atoms with Gasteiger partial charge in [0.15, 0.2) is 0 Å². The van der Waals surface area contributed by atoms with Crippen LogP contribution in [0.5, 0.6) is 0 Å². The summed E-state index contributed by atoms with van der Waals surface area (Å²) >= 11 is 4.59. The zero-order valence-electron chi connectivity index (χ0n) is 15.2. The second kappa shape index (κ2) is 7.49. The maximum Gasteiger partial charge on any atom is 0.0425 e. The zero-order valence-corrected chi connectivity index (χ0v) is 16.1. The predicted molar refractivity (Wildman–Crippen MR) is 111 cm³/mol. The Morgan fingerprint density at radius 1 is 0.800 bits per heavy atom. The molecule has 128 valence electrons. The van der Waals surface area contributed by atoms with Crippen molar-refractivity contribution in [2.24, 2.45) is 5.92 Å². The molecule has 0 unspecified atom stereocenters. The molecule has 0 amide bonds. The van der Waals surface area contributed by atoms with Gasteiger partial charge in [-0.3, -0.25) is 0 Å². The van der Waals surface area contributed by atoms with Gasteiger partial charge >= 0.3 is 0 Å². The predicted octanol–water partition coefficient (Wildman–Crippen LogP) is 6.53. The zero-order chi connectivity index (χ0) is 17.9. The third-order valence-electron chi connectivity index (χ3n) is 4.96. The van der Waals surface area contributed by atoms with Gasteiger partial charge in [0, 0.05) is 10.3 Å². The van der Waals surface area contributed by atoms with Crippen molar-refractivity contribution in [3.63, 3.8) is 0 Å². The van der Waals surface area contributed by atoms with Crippen LogP contribution in [0.3, 0.4) is 0 Å². The smallest absolute Gasteiger partial charge is 0.0425 e. The van der Waals surface area contributed by atoms with E-state index < -0.39 is 0 Å². The van der Waals surface area contributed by atoms with Crippen LogP contribution in [-0.4, -0.2) is 0 Å². The minimum Gasteiger partial charge on any atom is -0.143 e. The van der Waals surface area contributed by atoms with E-state index in [1.807, 2.05) is 0 Å². The molecule has 0 atom stereocenters. The highest BCUT2D eigenvalue weighted by atomic mass is 32.1. The van der Waals surface area contributed by atoms with Crippen molar-refractivity contribution in [1.82, 2.24) is 0 Å². The molecule has 0 nitrogen and oxygen atoms in total. The summed E-state index contributed by atoms with van der Waals surface area (Å²) in [5.74, 6) is 0.602. The van der Waals surface area contributed by atoms with Gasteiger partial charge in [0.2, 0.25) is 0 Å². The summed E-state index contributed by atoms with van der Waals surface area (Å²) in [6.07, 6.45) is 1.05. The molecule has 0 radical (unpaired) electrons. The van der Waals surface area contributed by atoms with Gasteiger partial charge in [0.25, 0.3) is 0 Å². The molecule has 1 heteroatoms. The summed E-state index contributed by atoms with van der Waals surface area (Å²) in [5, 5.41) is 0. The first-order valence-electron chi connectivity index (χ1n) is 8.95. The molecule has 0 aliphatic heterocycles. The highest BCUT2D eigenvalue weighted by Gasteiger charge is 2.33. The Labute approximate surface area is 157 Å². The van der Waals surface area contributed by atoms with Gasteiger partial charge in [-0.05, 0) is 53.6 Å². The lowest BCUT2D eigenvalue weighted by molar-refractivity contribution is 0.618. The third-order valence-corrected chi connectivity index (χ3v) is 5.24. The average molecular weight is 347 g/mol. The van der Waals surface area contributed by atoms with E-state index in [0.717, 1.165) is 11.3 Å². The molecule has 3 aromatic rings. The molecule has 0 aliphatic carbocycles. The number of hydrogen-bond acceptors (Lipinski definition) is 1. The number of hydrogen-bond donors (Lipinski definition) is 1. The van der Waals surface area contributed by atoms with E-state index in [-0.39, 0.29) is 5.41 Å². The van der Waals surface area contributed by atoms with Gasteiger partial charge in [0.05, 0.1) is 0 Å². The van der Waals surface area contributed by atoms with Crippen LogP contribution < -0.4 is 0 Å². The van der Waals surface area contributed by atoms with E-state index in [1.165, 1.54) is 22.3 Å². The van der Waals surface area contributed by atoms with Gasteiger partial charge in [-0.1, -0.05) is 80.6 Å². The molecule has 0 aromatic heterocycles. The average Bonchev–Trinajstić information content (AvgIpc) is 2.62. The minimum absolute atomic E-state index is 0.186. The Hall–Kier alpha value is -1.99. The highest BCUT2D eigenvalue weighted by molar-refractivity contribution is 7.80. The van der Waals surface area contributed by atoms with E-state index in [9.17, 15) is 0 Å². The van der Waals surface area contributed by atoms with Crippen LogP contribution in [0, 0.1) is 5.92 Å².